The number of rotatable bonds is 5. The number of quaternary nitrogens is 1. The van der Waals surface area contributed by atoms with E-state index in [0.717, 1.165) is 32.1 Å². The molecule has 0 spiro atoms. The van der Waals surface area contributed by atoms with E-state index in [1.54, 1.807) is 4.90 Å². The van der Waals surface area contributed by atoms with Crippen molar-refractivity contribution in [3.63, 3.8) is 0 Å². The zero-order valence-electron chi connectivity index (χ0n) is 13.0. The fourth-order valence-electron chi connectivity index (χ4n) is 2.84. The largest absolute Gasteiger partial charge is 0.416 e. The molecule has 1 aliphatic rings. The van der Waals surface area contributed by atoms with Crippen molar-refractivity contribution in [2.45, 2.75) is 19.0 Å². The highest BCUT2D eigenvalue weighted by molar-refractivity contribution is 5.64. The number of benzene rings is 1. The van der Waals surface area contributed by atoms with E-state index in [9.17, 15) is 23.3 Å². The Bertz CT molecular complexity index is 635. The quantitative estimate of drug-likeness (QED) is 0.501. The summed E-state index contributed by atoms with van der Waals surface area (Å²) in [6.45, 7) is 3.41. The van der Waals surface area contributed by atoms with E-state index in [4.69, 9.17) is 5.26 Å². The van der Waals surface area contributed by atoms with Gasteiger partial charge in [-0.2, -0.15) is 18.4 Å². The fourth-order valence-corrected chi connectivity index (χ4v) is 2.84. The van der Waals surface area contributed by atoms with Gasteiger partial charge >= 0.3 is 6.18 Å². The van der Waals surface area contributed by atoms with Crippen molar-refractivity contribution in [2.24, 2.45) is 0 Å². The third-order valence-corrected chi connectivity index (χ3v) is 4.13. The average molecular weight is 343 g/mol. The maximum Gasteiger partial charge on any atom is 0.416 e. The Hall–Kier alpha value is -2.34. The van der Waals surface area contributed by atoms with E-state index in [0.29, 0.717) is 25.6 Å². The van der Waals surface area contributed by atoms with Crippen LogP contribution < -0.4 is 9.80 Å². The van der Waals surface area contributed by atoms with Crippen LogP contribution in [0.1, 0.15) is 18.4 Å². The number of piperazine rings is 1. The molecule has 0 radical (unpaired) electrons. The number of halogens is 3. The highest BCUT2D eigenvalue weighted by atomic mass is 19.4. The second-order valence-electron chi connectivity index (χ2n) is 5.71. The first kappa shape index (κ1) is 18.0. The molecule has 1 fully saturated rings. The van der Waals surface area contributed by atoms with Gasteiger partial charge in [-0.25, -0.2) is 0 Å². The lowest BCUT2D eigenvalue weighted by Gasteiger charge is -2.33. The number of nitro benzene ring substituents is 1. The van der Waals surface area contributed by atoms with Crippen LogP contribution in [0.4, 0.5) is 24.5 Å². The van der Waals surface area contributed by atoms with Crippen LogP contribution in [0.3, 0.4) is 0 Å². The first-order chi connectivity index (χ1) is 11.3. The number of hydrogen-bond acceptors (Lipinski definition) is 4. The molecular formula is C15H18F3N4O2+. The number of hydrogen-bond donors (Lipinski definition) is 1. The van der Waals surface area contributed by atoms with E-state index < -0.39 is 22.4 Å². The summed E-state index contributed by atoms with van der Waals surface area (Å²) in [4.78, 5) is 13.4. The van der Waals surface area contributed by atoms with Crippen LogP contribution in [0.5, 0.6) is 0 Å². The molecule has 130 valence electrons. The molecule has 1 heterocycles. The molecule has 1 N–H and O–H groups in total. The van der Waals surface area contributed by atoms with Crippen LogP contribution in [0.25, 0.3) is 0 Å². The minimum absolute atomic E-state index is 0.226. The highest BCUT2D eigenvalue weighted by Gasteiger charge is 2.34. The summed E-state index contributed by atoms with van der Waals surface area (Å²) >= 11 is 0. The summed E-state index contributed by atoms with van der Waals surface area (Å²) in [6.07, 6.45) is -3.31. The Morgan fingerprint density at radius 1 is 1.33 bits per heavy atom. The topological polar surface area (TPSA) is 74.6 Å². The van der Waals surface area contributed by atoms with E-state index in [1.807, 2.05) is 0 Å². The molecule has 24 heavy (non-hydrogen) atoms. The van der Waals surface area contributed by atoms with E-state index in [-0.39, 0.29) is 5.69 Å². The number of nitriles is 1. The molecule has 0 aromatic heterocycles. The maximum absolute atomic E-state index is 12.7. The Labute approximate surface area is 137 Å². The second kappa shape index (κ2) is 7.49. The lowest BCUT2D eigenvalue weighted by molar-refractivity contribution is -0.900. The molecule has 6 nitrogen and oxygen atoms in total. The van der Waals surface area contributed by atoms with E-state index in [2.05, 4.69) is 6.07 Å². The van der Waals surface area contributed by atoms with Gasteiger partial charge in [0.15, 0.2) is 0 Å². The average Bonchev–Trinajstić information content (AvgIpc) is 2.54. The predicted octanol–water partition coefficient (Wildman–Crippen LogP) is 1.62. The molecular weight excluding hydrogens is 325 g/mol. The molecule has 0 atom stereocenters. The van der Waals surface area contributed by atoms with E-state index in [1.165, 1.54) is 11.0 Å². The number of nitrogens with one attached hydrogen (secondary N) is 1. The number of alkyl halides is 3. The first-order valence-electron chi connectivity index (χ1n) is 7.64. The molecule has 0 bridgehead atoms. The molecule has 0 aliphatic carbocycles. The Morgan fingerprint density at radius 2 is 2.00 bits per heavy atom. The predicted molar refractivity (Wildman–Crippen MR) is 80.7 cm³/mol. The number of nitrogens with zero attached hydrogens (tertiary/aromatic N) is 3. The summed E-state index contributed by atoms with van der Waals surface area (Å²) in [5.74, 6) is 0. The Morgan fingerprint density at radius 3 is 2.54 bits per heavy atom. The van der Waals surface area contributed by atoms with Crippen molar-refractivity contribution in [3.8, 4) is 6.07 Å². The van der Waals surface area contributed by atoms with Crippen LogP contribution in [0.15, 0.2) is 18.2 Å². The Kier molecular flexibility index (Phi) is 5.62. The van der Waals surface area contributed by atoms with Crippen molar-refractivity contribution < 1.29 is 23.0 Å². The van der Waals surface area contributed by atoms with Gasteiger partial charge in [0.2, 0.25) is 0 Å². The lowest BCUT2D eigenvalue weighted by Crippen LogP contribution is -3.14. The van der Waals surface area contributed by atoms with Crippen LogP contribution in [-0.2, 0) is 6.18 Å². The summed E-state index contributed by atoms with van der Waals surface area (Å²) in [7, 11) is 0. The van der Waals surface area contributed by atoms with Gasteiger partial charge < -0.3 is 9.80 Å². The summed E-state index contributed by atoms with van der Waals surface area (Å²) < 4.78 is 38.2. The molecule has 0 unspecified atom stereocenters. The van der Waals surface area contributed by atoms with Crippen LogP contribution in [0.2, 0.25) is 0 Å². The fraction of sp³-hybridized carbons (Fsp3) is 0.533. The molecule has 0 amide bonds. The minimum Gasteiger partial charge on any atom is -0.355 e. The lowest BCUT2D eigenvalue weighted by atomic mass is 10.1. The second-order valence-corrected chi connectivity index (χ2v) is 5.71. The SMILES string of the molecule is N#CCCC[NH+]1CCN(c2ccc(C(F)(F)F)cc2[N+](=O)[O-])CC1. The summed E-state index contributed by atoms with van der Waals surface area (Å²) in [5.41, 5.74) is -1.31. The van der Waals surface area contributed by atoms with Gasteiger partial charge in [0.1, 0.15) is 5.69 Å². The monoisotopic (exact) mass is 343 g/mol. The van der Waals surface area contributed by atoms with Gasteiger partial charge in [0.05, 0.1) is 49.3 Å². The molecule has 9 heteroatoms. The van der Waals surface area contributed by atoms with Crippen LogP contribution in [0, 0.1) is 21.4 Å². The smallest absolute Gasteiger partial charge is 0.355 e. The molecule has 1 saturated heterocycles. The third-order valence-electron chi connectivity index (χ3n) is 4.13. The molecule has 2 rings (SSSR count). The van der Waals surface area contributed by atoms with Crippen molar-refractivity contribution in [2.75, 3.05) is 37.6 Å². The number of anilines is 1. The van der Waals surface area contributed by atoms with Crippen molar-refractivity contribution in [3.05, 3.63) is 33.9 Å². The van der Waals surface area contributed by atoms with Gasteiger partial charge in [-0.15, -0.1) is 0 Å². The number of nitro groups is 1. The zero-order valence-corrected chi connectivity index (χ0v) is 13.0. The van der Waals surface area contributed by atoms with Crippen molar-refractivity contribution in [1.82, 2.24) is 0 Å². The van der Waals surface area contributed by atoms with Crippen molar-refractivity contribution >= 4 is 11.4 Å². The highest BCUT2D eigenvalue weighted by Crippen LogP contribution is 2.36. The van der Waals surface area contributed by atoms with Gasteiger partial charge in [-0.05, 0) is 12.1 Å². The molecule has 1 aromatic rings. The van der Waals surface area contributed by atoms with Crippen LogP contribution >= 0.6 is 0 Å². The third kappa shape index (κ3) is 4.35. The van der Waals surface area contributed by atoms with Crippen LogP contribution in [-0.4, -0.2) is 37.6 Å². The summed E-state index contributed by atoms with van der Waals surface area (Å²) in [5, 5.41) is 19.7. The van der Waals surface area contributed by atoms with Gasteiger partial charge in [-0.1, -0.05) is 0 Å². The minimum atomic E-state index is -4.60. The van der Waals surface area contributed by atoms with Gasteiger partial charge in [0, 0.05) is 18.9 Å². The maximum atomic E-state index is 12.7. The normalized spacial score (nSPS) is 16.0. The standard InChI is InChI=1S/C15H17F3N4O2/c16-15(17,18)12-3-4-13(14(11-12)22(23)24)21-9-7-20(8-10-21)6-2-1-5-19/h3-4,11H,1-2,6-10H2/p+1. The molecule has 1 aromatic carbocycles. The first-order valence-corrected chi connectivity index (χ1v) is 7.64. The Balaban J connectivity index is 2.10. The van der Waals surface area contributed by atoms with Gasteiger partial charge in [-0.3, -0.25) is 10.1 Å². The van der Waals surface area contributed by atoms with E-state index >= 15 is 0 Å². The summed E-state index contributed by atoms with van der Waals surface area (Å²) in [6, 6.07) is 4.75. The van der Waals surface area contributed by atoms with Crippen molar-refractivity contribution in [1.29, 1.82) is 5.26 Å². The number of unbranched alkanes of at least 4 members (excludes halogenated alkanes) is 1. The molecule has 1 aliphatic heterocycles. The van der Waals surface area contributed by atoms with Gasteiger partial charge in [0.25, 0.3) is 5.69 Å². The zero-order chi connectivity index (χ0) is 17.7. The molecule has 0 saturated carbocycles.